The van der Waals surface area contributed by atoms with Gasteiger partial charge in [-0.1, -0.05) is 113 Å². The van der Waals surface area contributed by atoms with E-state index in [4.69, 9.17) is 9.47 Å². The molecule has 0 heterocycles. The predicted octanol–water partition coefficient (Wildman–Crippen LogP) is 8.77. The molecule has 0 amide bonds. The standard InChI is InChI=1S/C18H30O2.C16H26O2/c1-4-6-10-16(5-2)12-18(19)14-20-13-17-11-8-7-9-15(17)3;1-3-4-5-6-11-16(17)13-18-12-15-10-8-7-9-14(15)2/h8-9,11,16-17H,4-7,10,12-14H2,1-3H3;8-10,15H,3-7,11-13H2,1-2H3. The van der Waals surface area contributed by atoms with Gasteiger partial charge in [-0.3, -0.25) is 9.59 Å². The molecule has 0 aliphatic heterocycles. The van der Waals surface area contributed by atoms with Crippen LogP contribution in [0.1, 0.15) is 112 Å². The maximum Gasteiger partial charge on any atom is 0.158 e. The predicted molar refractivity (Wildman–Crippen MR) is 160 cm³/mol. The second kappa shape index (κ2) is 22.1. The van der Waals surface area contributed by atoms with Gasteiger partial charge in [0.2, 0.25) is 0 Å². The van der Waals surface area contributed by atoms with Gasteiger partial charge in [-0.25, -0.2) is 0 Å². The van der Waals surface area contributed by atoms with Gasteiger partial charge in [-0.15, -0.1) is 0 Å². The second-order valence-electron chi connectivity index (χ2n) is 11.0. The summed E-state index contributed by atoms with van der Waals surface area (Å²) in [4.78, 5) is 23.5. The highest BCUT2D eigenvalue weighted by Gasteiger charge is 2.14. The van der Waals surface area contributed by atoms with Gasteiger partial charge >= 0.3 is 0 Å². The summed E-state index contributed by atoms with van der Waals surface area (Å²) in [5, 5.41) is 0. The molecule has 2 aliphatic rings. The molecular weight excluding hydrogens is 472 g/mol. The lowest BCUT2D eigenvalue weighted by Crippen LogP contribution is -2.17. The van der Waals surface area contributed by atoms with Crippen LogP contribution in [-0.2, 0) is 19.1 Å². The summed E-state index contributed by atoms with van der Waals surface area (Å²) in [5.41, 5.74) is 2.71. The van der Waals surface area contributed by atoms with E-state index in [0.29, 0.717) is 43.8 Å². The Balaban J connectivity index is 0.000000382. The summed E-state index contributed by atoms with van der Waals surface area (Å²) < 4.78 is 11.1. The molecule has 0 aromatic carbocycles. The first-order valence-corrected chi connectivity index (χ1v) is 15.3. The van der Waals surface area contributed by atoms with Gasteiger partial charge < -0.3 is 9.47 Å². The van der Waals surface area contributed by atoms with E-state index in [0.717, 1.165) is 32.1 Å². The molecule has 0 fully saturated rings. The van der Waals surface area contributed by atoms with Crippen LogP contribution in [0, 0.1) is 17.8 Å². The van der Waals surface area contributed by atoms with E-state index in [1.54, 1.807) is 0 Å². The summed E-state index contributed by atoms with van der Waals surface area (Å²) in [6.45, 7) is 12.7. The van der Waals surface area contributed by atoms with Gasteiger partial charge in [-0.2, -0.15) is 0 Å². The quantitative estimate of drug-likeness (QED) is 0.124. The number of Topliss-reactive ketones (excluding diaryl/α,β-unsaturated/α-hetero) is 2. The average molecular weight is 529 g/mol. The molecule has 0 saturated heterocycles. The van der Waals surface area contributed by atoms with Crippen molar-refractivity contribution in [2.45, 2.75) is 112 Å². The number of carbonyl (C=O) groups is 2. The highest BCUT2D eigenvalue weighted by atomic mass is 16.5. The molecule has 3 atom stereocenters. The molecule has 4 heteroatoms. The van der Waals surface area contributed by atoms with E-state index < -0.39 is 0 Å². The highest BCUT2D eigenvalue weighted by molar-refractivity contribution is 5.80. The van der Waals surface area contributed by atoms with Crippen molar-refractivity contribution in [3.05, 3.63) is 47.6 Å². The Morgan fingerprint density at radius 2 is 1.34 bits per heavy atom. The molecule has 4 nitrogen and oxygen atoms in total. The SMILES string of the molecule is CCCCC(CC)CC(=O)COCC1C=CCC=C1C.CCCCCCC(=O)COCC1C=CCC=C1C. The molecule has 0 aromatic heterocycles. The van der Waals surface area contributed by atoms with Crippen molar-refractivity contribution in [3.8, 4) is 0 Å². The Labute approximate surface area is 234 Å². The molecule has 38 heavy (non-hydrogen) atoms. The van der Waals surface area contributed by atoms with Gasteiger partial charge in [0, 0.05) is 24.7 Å². The minimum atomic E-state index is 0.243. The van der Waals surface area contributed by atoms with Crippen LogP contribution >= 0.6 is 0 Å². The number of ether oxygens (including phenoxy) is 2. The molecule has 2 rings (SSSR count). The molecule has 0 N–H and O–H groups in total. The topological polar surface area (TPSA) is 52.6 Å². The van der Waals surface area contributed by atoms with Crippen LogP contribution in [0.3, 0.4) is 0 Å². The van der Waals surface area contributed by atoms with E-state index >= 15 is 0 Å². The largest absolute Gasteiger partial charge is 0.373 e. The van der Waals surface area contributed by atoms with Crippen molar-refractivity contribution in [2.75, 3.05) is 26.4 Å². The Morgan fingerprint density at radius 1 is 0.789 bits per heavy atom. The van der Waals surface area contributed by atoms with Crippen LogP contribution in [0.4, 0.5) is 0 Å². The summed E-state index contributed by atoms with van der Waals surface area (Å²) in [5.74, 6) is 1.77. The van der Waals surface area contributed by atoms with E-state index in [-0.39, 0.29) is 24.8 Å². The summed E-state index contributed by atoms with van der Waals surface area (Å²) in [7, 11) is 0. The lowest BCUT2D eigenvalue weighted by atomic mass is 9.94. The van der Waals surface area contributed by atoms with Crippen molar-refractivity contribution in [2.24, 2.45) is 17.8 Å². The van der Waals surface area contributed by atoms with Crippen molar-refractivity contribution in [1.29, 1.82) is 0 Å². The third-order valence-corrected chi connectivity index (χ3v) is 7.55. The molecule has 0 spiro atoms. The summed E-state index contributed by atoms with van der Waals surface area (Å²) in [6, 6.07) is 0. The van der Waals surface area contributed by atoms with Gasteiger partial charge in [0.05, 0.1) is 13.2 Å². The zero-order valence-corrected chi connectivity index (χ0v) is 25.1. The van der Waals surface area contributed by atoms with Crippen LogP contribution in [0.5, 0.6) is 0 Å². The van der Waals surface area contributed by atoms with E-state index in [1.807, 2.05) is 0 Å². The molecule has 3 unspecified atom stereocenters. The molecule has 2 aliphatic carbocycles. The van der Waals surface area contributed by atoms with Crippen LogP contribution in [0.2, 0.25) is 0 Å². The third-order valence-electron chi connectivity index (χ3n) is 7.55. The number of hydrogen-bond donors (Lipinski definition) is 0. The number of carbonyl (C=O) groups excluding carboxylic acids is 2. The lowest BCUT2D eigenvalue weighted by molar-refractivity contribution is -0.125. The summed E-state index contributed by atoms with van der Waals surface area (Å²) >= 11 is 0. The first-order valence-electron chi connectivity index (χ1n) is 15.3. The number of rotatable bonds is 19. The van der Waals surface area contributed by atoms with Crippen molar-refractivity contribution in [1.82, 2.24) is 0 Å². The van der Waals surface area contributed by atoms with Crippen molar-refractivity contribution in [3.63, 3.8) is 0 Å². The minimum absolute atomic E-state index is 0.243. The molecule has 0 radical (unpaired) electrons. The number of hydrogen-bond acceptors (Lipinski definition) is 4. The van der Waals surface area contributed by atoms with Gasteiger partial charge in [0.15, 0.2) is 11.6 Å². The average Bonchev–Trinajstić information content (AvgIpc) is 2.91. The third kappa shape index (κ3) is 16.2. The number of unbranched alkanes of at least 4 members (excludes halogenated alkanes) is 4. The summed E-state index contributed by atoms with van der Waals surface area (Å²) in [6.07, 6.45) is 25.9. The van der Waals surface area contributed by atoms with Crippen LogP contribution in [0.25, 0.3) is 0 Å². The monoisotopic (exact) mass is 528 g/mol. The fourth-order valence-electron chi connectivity index (χ4n) is 4.72. The second-order valence-corrected chi connectivity index (χ2v) is 11.0. The number of ketones is 2. The fraction of sp³-hybridized carbons (Fsp3) is 0.706. The van der Waals surface area contributed by atoms with Gasteiger partial charge in [0.1, 0.15) is 13.2 Å². The van der Waals surface area contributed by atoms with E-state index in [1.165, 1.54) is 43.3 Å². The van der Waals surface area contributed by atoms with Gasteiger partial charge in [-0.05, 0) is 39.0 Å². The van der Waals surface area contributed by atoms with Crippen LogP contribution in [-0.4, -0.2) is 38.0 Å². The van der Waals surface area contributed by atoms with Gasteiger partial charge in [0.25, 0.3) is 0 Å². The minimum Gasteiger partial charge on any atom is -0.373 e. The Kier molecular flexibility index (Phi) is 19.9. The highest BCUT2D eigenvalue weighted by Crippen LogP contribution is 2.20. The van der Waals surface area contributed by atoms with Crippen LogP contribution < -0.4 is 0 Å². The van der Waals surface area contributed by atoms with Crippen molar-refractivity contribution >= 4 is 11.6 Å². The smallest absolute Gasteiger partial charge is 0.158 e. The van der Waals surface area contributed by atoms with E-state index in [2.05, 4.69) is 71.1 Å². The van der Waals surface area contributed by atoms with Crippen molar-refractivity contribution < 1.29 is 19.1 Å². The zero-order valence-electron chi connectivity index (χ0n) is 25.1. The molecular formula is C34H56O4. The van der Waals surface area contributed by atoms with E-state index in [9.17, 15) is 9.59 Å². The lowest BCUT2D eigenvalue weighted by Gasteiger charge is -2.17. The number of allylic oxidation sites excluding steroid dienone is 4. The fourth-order valence-corrected chi connectivity index (χ4v) is 4.72. The molecule has 0 aromatic rings. The normalized spacial score (nSPS) is 19.3. The molecule has 216 valence electrons. The Hall–Kier alpha value is -1.78. The first kappa shape index (κ1) is 34.2. The molecule has 0 bridgehead atoms. The maximum absolute atomic E-state index is 11.9. The Bertz CT molecular complexity index is 773. The maximum atomic E-state index is 11.9. The van der Waals surface area contributed by atoms with Crippen LogP contribution in [0.15, 0.2) is 47.6 Å². The molecule has 0 saturated carbocycles. The first-order chi connectivity index (χ1) is 18.4. The Morgan fingerprint density at radius 3 is 1.84 bits per heavy atom. The zero-order chi connectivity index (χ0) is 28.0.